The summed E-state index contributed by atoms with van der Waals surface area (Å²) >= 11 is 1.61. The summed E-state index contributed by atoms with van der Waals surface area (Å²) < 4.78 is 0. The van der Waals surface area contributed by atoms with Crippen molar-refractivity contribution in [2.75, 3.05) is 38.0 Å². The van der Waals surface area contributed by atoms with Crippen molar-refractivity contribution in [1.82, 2.24) is 20.2 Å². The second-order valence-corrected chi connectivity index (χ2v) is 7.33. The first-order valence-corrected chi connectivity index (χ1v) is 10.6. The van der Waals surface area contributed by atoms with Gasteiger partial charge in [0.05, 0.1) is 5.39 Å². The predicted octanol–water partition coefficient (Wildman–Crippen LogP) is 3.62. The molecule has 2 heterocycles. The summed E-state index contributed by atoms with van der Waals surface area (Å²) in [6.45, 7) is 8.37. The van der Waals surface area contributed by atoms with E-state index < -0.39 is 0 Å². The van der Waals surface area contributed by atoms with Crippen molar-refractivity contribution in [2.45, 2.75) is 20.3 Å². The van der Waals surface area contributed by atoms with Crippen molar-refractivity contribution in [3.05, 3.63) is 42.0 Å². The molecule has 0 saturated carbocycles. The van der Waals surface area contributed by atoms with E-state index in [4.69, 9.17) is 0 Å². The number of aromatic nitrogens is 2. The van der Waals surface area contributed by atoms with Crippen molar-refractivity contribution in [2.24, 2.45) is 0 Å². The second kappa shape index (κ2) is 10.1. The molecule has 0 bridgehead atoms. The molecule has 28 heavy (non-hydrogen) atoms. The summed E-state index contributed by atoms with van der Waals surface area (Å²) in [6.07, 6.45) is 1.98. The number of amides is 1. The average molecular weight is 398 g/mol. The summed E-state index contributed by atoms with van der Waals surface area (Å²) in [5, 5.41) is 9.43. The maximum absolute atomic E-state index is 12.1. The standard InChI is InChI=1S/C21H27N5OS/c1-3-26(4-2)13-12-22-18(27)10-11-23-20-19-17(16-8-6-5-7-9-16)14-28-21(19)25-15-24-20/h5-9,14-15H,3-4,10-13H2,1-2H3,(H,22,27)(H,23,24,25). The van der Waals surface area contributed by atoms with Crippen LogP contribution in [0.15, 0.2) is 42.0 Å². The Balaban J connectivity index is 1.59. The maximum atomic E-state index is 12.1. The molecule has 1 amide bonds. The zero-order valence-corrected chi connectivity index (χ0v) is 17.3. The molecule has 0 aliphatic carbocycles. The number of nitrogens with zero attached hydrogens (tertiary/aromatic N) is 3. The Bertz CT molecular complexity index is 892. The van der Waals surface area contributed by atoms with Gasteiger partial charge in [0, 0.05) is 37.0 Å². The van der Waals surface area contributed by atoms with Gasteiger partial charge in [0.2, 0.25) is 5.91 Å². The topological polar surface area (TPSA) is 70.2 Å². The lowest BCUT2D eigenvalue weighted by molar-refractivity contribution is -0.120. The second-order valence-electron chi connectivity index (χ2n) is 6.47. The molecular formula is C21H27N5OS. The molecular weight excluding hydrogens is 370 g/mol. The van der Waals surface area contributed by atoms with Crippen LogP contribution in [0.1, 0.15) is 20.3 Å². The summed E-state index contributed by atoms with van der Waals surface area (Å²) in [5.41, 5.74) is 2.26. The Morgan fingerprint density at radius 1 is 1.11 bits per heavy atom. The Labute approximate surface area is 170 Å². The van der Waals surface area contributed by atoms with Gasteiger partial charge in [0.1, 0.15) is 17.0 Å². The third-order valence-electron chi connectivity index (χ3n) is 4.74. The summed E-state index contributed by atoms with van der Waals surface area (Å²) in [7, 11) is 0. The highest BCUT2D eigenvalue weighted by Crippen LogP contribution is 2.36. The molecule has 0 radical (unpaired) electrons. The number of nitrogens with one attached hydrogen (secondary N) is 2. The highest BCUT2D eigenvalue weighted by molar-refractivity contribution is 7.17. The van der Waals surface area contributed by atoms with Gasteiger partial charge in [-0.3, -0.25) is 4.79 Å². The normalized spacial score (nSPS) is 11.1. The number of hydrogen-bond acceptors (Lipinski definition) is 6. The number of hydrogen-bond donors (Lipinski definition) is 2. The van der Waals surface area contributed by atoms with E-state index in [9.17, 15) is 4.79 Å². The molecule has 7 heteroatoms. The fourth-order valence-electron chi connectivity index (χ4n) is 3.12. The van der Waals surface area contributed by atoms with E-state index in [1.807, 2.05) is 18.2 Å². The summed E-state index contributed by atoms with van der Waals surface area (Å²) in [6, 6.07) is 10.2. The molecule has 2 N–H and O–H groups in total. The van der Waals surface area contributed by atoms with Crippen molar-refractivity contribution in [3.63, 3.8) is 0 Å². The first kappa shape index (κ1) is 20.2. The van der Waals surface area contributed by atoms with Gasteiger partial charge in [-0.1, -0.05) is 44.2 Å². The average Bonchev–Trinajstić information content (AvgIpc) is 3.17. The van der Waals surface area contributed by atoms with Crippen molar-refractivity contribution in [3.8, 4) is 11.1 Å². The molecule has 0 saturated heterocycles. The van der Waals surface area contributed by atoms with Crippen LogP contribution in [0.25, 0.3) is 21.3 Å². The lowest BCUT2D eigenvalue weighted by Gasteiger charge is -2.18. The Kier molecular flexibility index (Phi) is 7.33. The molecule has 6 nitrogen and oxygen atoms in total. The van der Waals surface area contributed by atoms with Crippen molar-refractivity contribution >= 4 is 33.3 Å². The Morgan fingerprint density at radius 3 is 2.64 bits per heavy atom. The summed E-state index contributed by atoms with van der Waals surface area (Å²) in [4.78, 5) is 24.1. The number of carbonyl (C=O) groups excluding carboxylic acids is 1. The smallest absolute Gasteiger partial charge is 0.221 e. The van der Waals surface area contributed by atoms with Crippen molar-refractivity contribution in [1.29, 1.82) is 0 Å². The highest BCUT2D eigenvalue weighted by Gasteiger charge is 2.13. The van der Waals surface area contributed by atoms with Gasteiger partial charge in [-0.15, -0.1) is 11.3 Å². The molecule has 3 aromatic rings. The number of fused-ring (bicyclic) bond motifs is 1. The number of benzene rings is 1. The van der Waals surface area contributed by atoms with Gasteiger partial charge >= 0.3 is 0 Å². The first-order chi connectivity index (χ1) is 13.7. The quantitative estimate of drug-likeness (QED) is 0.547. The largest absolute Gasteiger partial charge is 0.369 e. The number of thiophene rings is 1. The zero-order valence-electron chi connectivity index (χ0n) is 16.4. The third-order valence-corrected chi connectivity index (χ3v) is 5.63. The molecule has 3 rings (SSSR count). The molecule has 148 valence electrons. The number of anilines is 1. The third kappa shape index (κ3) is 5.05. The monoisotopic (exact) mass is 397 g/mol. The fraction of sp³-hybridized carbons (Fsp3) is 0.381. The highest BCUT2D eigenvalue weighted by atomic mass is 32.1. The Hall–Kier alpha value is -2.51. The van der Waals surface area contributed by atoms with E-state index >= 15 is 0 Å². The van der Waals surface area contributed by atoms with Gasteiger partial charge in [-0.2, -0.15) is 0 Å². The minimum atomic E-state index is 0.0542. The fourth-order valence-corrected chi connectivity index (χ4v) is 4.03. The van der Waals surface area contributed by atoms with Crippen LogP contribution >= 0.6 is 11.3 Å². The van der Waals surface area contributed by atoms with Crippen molar-refractivity contribution < 1.29 is 4.79 Å². The van der Waals surface area contributed by atoms with Gasteiger partial charge in [0.25, 0.3) is 0 Å². The van der Waals surface area contributed by atoms with E-state index in [2.05, 4.69) is 56.9 Å². The van der Waals surface area contributed by atoms with E-state index in [1.54, 1.807) is 17.7 Å². The van der Waals surface area contributed by atoms with E-state index in [0.29, 0.717) is 19.5 Å². The molecule has 1 aromatic carbocycles. The SMILES string of the molecule is CCN(CC)CCNC(=O)CCNc1ncnc2scc(-c3ccccc3)c12. The molecule has 0 fully saturated rings. The first-order valence-electron chi connectivity index (χ1n) is 9.73. The van der Waals surface area contributed by atoms with Gasteiger partial charge in [0.15, 0.2) is 0 Å². The van der Waals surface area contributed by atoms with Gasteiger partial charge in [-0.25, -0.2) is 9.97 Å². The van der Waals surface area contributed by atoms with Crippen LogP contribution in [-0.4, -0.2) is 53.5 Å². The number of carbonyl (C=O) groups is 1. The lowest BCUT2D eigenvalue weighted by atomic mass is 10.1. The minimum absolute atomic E-state index is 0.0542. The van der Waals surface area contributed by atoms with Gasteiger partial charge in [-0.05, 0) is 18.7 Å². The molecule has 0 aliphatic heterocycles. The van der Waals surface area contributed by atoms with Crippen LogP contribution in [0, 0.1) is 0 Å². The molecule has 0 aliphatic rings. The molecule has 0 unspecified atom stereocenters. The van der Waals surface area contributed by atoms with Crippen LogP contribution < -0.4 is 10.6 Å². The predicted molar refractivity (Wildman–Crippen MR) is 117 cm³/mol. The van der Waals surface area contributed by atoms with E-state index in [-0.39, 0.29) is 5.91 Å². The van der Waals surface area contributed by atoms with Crippen LogP contribution in [0.4, 0.5) is 5.82 Å². The van der Waals surface area contributed by atoms with Crippen LogP contribution in [0.5, 0.6) is 0 Å². The number of likely N-dealkylation sites (N-methyl/N-ethyl adjacent to an activating group) is 1. The molecule has 0 atom stereocenters. The van der Waals surface area contributed by atoms with E-state index in [1.165, 1.54) is 0 Å². The Morgan fingerprint density at radius 2 is 1.89 bits per heavy atom. The van der Waals surface area contributed by atoms with Crippen LogP contribution in [-0.2, 0) is 4.79 Å². The maximum Gasteiger partial charge on any atom is 0.221 e. The number of rotatable bonds is 10. The zero-order chi connectivity index (χ0) is 19.8. The minimum Gasteiger partial charge on any atom is -0.369 e. The summed E-state index contributed by atoms with van der Waals surface area (Å²) in [5.74, 6) is 0.833. The lowest BCUT2D eigenvalue weighted by Crippen LogP contribution is -2.35. The molecule has 2 aromatic heterocycles. The van der Waals surface area contributed by atoms with Crippen LogP contribution in [0.2, 0.25) is 0 Å². The van der Waals surface area contributed by atoms with Gasteiger partial charge < -0.3 is 15.5 Å². The van der Waals surface area contributed by atoms with E-state index in [0.717, 1.165) is 46.8 Å². The molecule has 0 spiro atoms. The van der Waals surface area contributed by atoms with Crippen LogP contribution in [0.3, 0.4) is 0 Å².